The summed E-state index contributed by atoms with van der Waals surface area (Å²) < 4.78 is 0.926. The van der Waals surface area contributed by atoms with Gasteiger partial charge in [-0.2, -0.15) is 5.10 Å². The molecule has 0 unspecified atom stereocenters. The molecule has 0 aliphatic heterocycles. The lowest BCUT2D eigenvalue weighted by molar-refractivity contribution is 0.0956. The molecule has 0 aliphatic carbocycles. The number of carbonyl (C=O) groups is 1. The van der Waals surface area contributed by atoms with E-state index in [0.717, 1.165) is 10.9 Å². The third-order valence-corrected chi connectivity index (χ3v) is 1.79. The second-order valence-corrected chi connectivity index (χ2v) is 2.70. The summed E-state index contributed by atoms with van der Waals surface area (Å²) in [6.07, 6.45) is 1.16. The average molecular weight is 189 g/mol. The zero-order valence-electron chi connectivity index (χ0n) is 7.18. The highest BCUT2D eigenvalue weighted by molar-refractivity contribution is 5.95. The molecule has 2 aromatic rings. The third-order valence-electron chi connectivity index (χ3n) is 1.79. The van der Waals surface area contributed by atoms with Gasteiger partial charge in [0, 0.05) is 5.56 Å². The first-order valence-corrected chi connectivity index (χ1v) is 4.01. The number of nitrogens with zero attached hydrogens (tertiary/aromatic N) is 2. The van der Waals surface area contributed by atoms with E-state index in [2.05, 4.69) is 10.2 Å². The van der Waals surface area contributed by atoms with Crippen LogP contribution in [0.3, 0.4) is 0 Å². The Kier molecular flexibility index (Phi) is 1.98. The minimum atomic E-state index is -0.529. The van der Waals surface area contributed by atoms with Crippen LogP contribution in [0, 0.1) is 0 Å². The number of carbonyl (C=O) groups excluding carboxylic acids is 1. The molecule has 0 saturated carbocycles. The first-order chi connectivity index (χ1) is 6.79. The van der Waals surface area contributed by atoms with Gasteiger partial charge >= 0.3 is 5.69 Å². The molecule has 5 nitrogen and oxygen atoms in total. The van der Waals surface area contributed by atoms with Crippen molar-refractivity contribution in [1.29, 1.82) is 0 Å². The van der Waals surface area contributed by atoms with Gasteiger partial charge in [0.1, 0.15) is 6.33 Å². The van der Waals surface area contributed by atoms with Gasteiger partial charge in [-0.05, 0) is 12.1 Å². The van der Waals surface area contributed by atoms with Crippen LogP contribution in [0.5, 0.6) is 0 Å². The normalized spacial score (nSPS) is 10.0. The van der Waals surface area contributed by atoms with E-state index >= 15 is 0 Å². The summed E-state index contributed by atoms with van der Waals surface area (Å²) in [5.74, 6) is -0.385. The molecule has 14 heavy (non-hydrogen) atoms. The largest absolute Gasteiger partial charge is 0.350 e. The van der Waals surface area contributed by atoms with Gasteiger partial charge in [0.15, 0.2) is 0 Å². The Balaban J connectivity index is 2.44. The first-order valence-electron chi connectivity index (χ1n) is 4.01. The number of benzene rings is 1. The Hall–Kier alpha value is -2.17. The number of aromatic nitrogens is 3. The second kappa shape index (κ2) is 3.29. The SMILES string of the molecule is O=C(c1ccccc1)n1cn[nH]c1=O. The van der Waals surface area contributed by atoms with Crippen molar-refractivity contribution >= 4 is 5.91 Å². The van der Waals surface area contributed by atoms with Crippen molar-refractivity contribution in [3.63, 3.8) is 0 Å². The maximum atomic E-state index is 11.6. The van der Waals surface area contributed by atoms with Gasteiger partial charge in [-0.1, -0.05) is 18.2 Å². The molecule has 0 amide bonds. The van der Waals surface area contributed by atoms with E-state index in [1.165, 1.54) is 0 Å². The first kappa shape index (κ1) is 8.43. The summed E-state index contributed by atoms with van der Waals surface area (Å²) in [4.78, 5) is 22.7. The average Bonchev–Trinajstić information content (AvgIpc) is 2.65. The molecule has 1 N–H and O–H groups in total. The number of hydrogen-bond acceptors (Lipinski definition) is 3. The van der Waals surface area contributed by atoms with Crippen LogP contribution in [-0.2, 0) is 0 Å². The van der Waals surface area contributed by atoms with Gasteiger partial charge in [-0.25, -0.2) is 14.5 Å². The Morgan fingerprint density at radius 3 is 2.57 bits per heavy atom. The predicted octanol–water partition coefficient (Wildman–Crippen LogP) is 0.260. The molecule has 0 atom stereocenters. The summed E-state index contributed by atoms with van der Waals surface area (Å²) in [5, 5.41) is 5.63. The summed E-state index contributed by atoms with van der Waals surface area (Å²) in [7, 11) is 0. The van der Waals surface area contributed by atoms with Crippen LogP contribution in [-0.4, -0.2) is 20.7 Å². The van der Waals surface area contributed by atoms with Crippen LogP contribution >= 0.6 is 0 Å². The molecule has 1 aromatic heterocycles. The summed E-state index contributed by atoms with van der Waals surface area (Å²) >= 11 is 0. The van der Waals surface area contributed by atoms with Gasteiger partial charge in [0.05, 0.1) is 0 Å². The number of hydrogen-bond donors (Lipinski definition) is 1. The lowest BCUT2D eigenvalue weighted by Crippen LogP contribution is -2.24. The van der Waals surface area contributed by atoms with E-state index in [4.69, 9.17) is 0 Å². The number of rotatable bonds is 1. The lowest BCUT2D eigenvalue weighted by Gasteiger charge is -1.97. The highest BCUT2D eigenvalue weighted by Crippen LogP contribution is 1.99. The number of aromatic amines is 1. The van der Waals surface area contributed by atoms with Crippen molar-refractivity contribution in [2.75, 3.05) is 0 Å². The molecule has 2 rings (SSSR count). The third kappa shape index (κ3) is 1.35. The van der Waals surface area contributed by atoms with Gasteiger partial charge in [-0.15, -0.1) is 0 Å². The summed E-state index contributed by atoms with van der Waals surface area (Å²) in [5.41, 5.74) is -0.0742. The topological polar surface area (TPSA) is 67.8 Å². The fraction of sp³-hybridized carbons (Fsp3) is 0. The van der Waals surface area contributed by atoms with Gasteiger partial charge < -0.3 is 0 Å². The molecule has 0 fully saturated rings. The Morgan fingerprint density at radius 2 is 2.00 bits per heavy atom. The van der Waals surface area contributed by atoms with Crippen molar-refractivity contribution in [3.05, 3.63) is 52.7 Å². The Bertz CT molecular complexity index is 498. The van der Waals surface area contributed by atoms with Crippen LogP contribution in [0.15, 0.2) is 41.5 Å². The summed E-state index contributed by atoms with van der Waals surface area (Å²) in [6, 6.07) is 8.55. The maximum absolute atomic E-state index is 11.6. The lowest BCUT2D eigenvalue weighted by atomic mass is 10.2. The maximum Gasteiger partial charge on any atom is 0.350 e. The van der Waals surface area contributed by atoms with Crippen LogP contribution in [0.4, 0.5) is 0 Å². The second-order valence-electron chi connectivity index (χ2n) is 2.70. The van der Waals surface area contributed by atoms with E-state index in [1.807, 2.05) is 0 Å². The van der Waals surface area contributed by atoms with Crippen molar-refractivity contribution in [1.82, 2.24) is 14.8 Å². The van der Waals surface area contributed by atoms with Gasteiger partial charge in [-0.3, -0.25) is 4.79 Å². The van der Waals surface area contributed by atoms with Crippen LogP contribution in [0.2, 0.25) is 0 Å². The van der Waals surface area contributed by atoms with Gasteiger partial charge in [0.2, 0.25) is 0 Å². The smallest absolute Gasteiger partial charge is 0.268 e. The minimum absolute atomic E-state index is 0.385. The zero-order chi connectivity index (χ0) is 9.97. The molecule has 1 heterocycles. The summed E-state index contributed by atoms with van der Waals surface area (Å²) in [6.45, 7) is 0. The van der Waals surface area contributed by atoms with Crippen molar-refractivity contribution < 1.29 is 4.79 Å². The monoisotopic (exact) mass is 189 g/mol. The molecule has 0 bridgehead atoms. The highest BCUT2D eigenvalue weighted by Gasteiger charge is 2.09. The molecule has 1 aromatic carbocycles. The van der Waals surface area contributed by atoms with Crippen molar-refractivity contribution in [2.24, 2.45) is 0 Å². The van der Waals surface area contributed by atoms with Crippen LogP contribution < -0.4 is 5.69 Å². The highest BCUT2D eigenvalue weighted by atomic mass is 16.2. The van der Waals surface area contributed by atoms with E-state index in [1.54, 1.807) is 30.3 Å². The molecule has 0 radical (unpaired) electrons. The van der Waals surface area contributed by atoms with E-state index in [-0.39, 0.29) is 5.91 Å². The van der Waals surface area contributed by atoms with E-state index in [0.29, 0.717) is 5.56 Å². The number of H-pyrrole nitrogens is 1. The van der Waals surface area contributed by atoms with Gasteiger partial charge in [0.25, 0.3) is 5.91 Å². The molecular formula is C9H7N3O2. The molecule has 0 saturated heterocycles. The fourth-order valence-electron chi connectivity index (χ4n) is 1.11. The van der Waals surface area contributed by atoms with Crippen LogP contribution in [0.1, 0.15) is 10.4 Å². The Morgan fingerprint density at radius 1 is 1.29 bits per heavy atom. The Labute approximate surface area is 79.0 Å². The fourth-order valence-corrected chi connectivity index (χ4v) is 1.11. The number of nitrogens with one attached hydrogen (secondary N) is 1. The van der Waals surface area contributed by atoms with Crippen molar-refractivity contribution in [3.8, 4) is 0 Å². The van der Waals surface area contributed by atoms with Crippen molar-refractivity contribution in [2.45, 2.75) is 0 Å². The van der Waals surface area contributed by atoms with E-state index < -0.39 is 5.69 Å². The predicted molar refractivity (Wildman–Crippen MR) is 49.0 cm³/mol. The standard InChI is InChI=1S/C9H7N3O2/c13-8(7-4-2-1-3-5-7)12-6-10-11-9(12)14/h1-6H,(H,11,14). The molecular weight excluding hydrogens is 182 g/mol. The van der Waals surface area contributed by atoms with E-state index in [9.17, 15) is 9.59 Å². The molecule has 0 spiro atoms. The molecule has 70 valence electrons. The van der Waals surface area contributed by atoms with Crippen LogP contribution in [0.25, 0.3) is 0 Å². The molecule has 5 heteroatoms. The minimum Gasteiger partial charge on any atom is -0.268 e. The molecule has 0 aliphatic rings. The quantitative estimate of drug-likeness (QED) is 0.699. The zero-order valence-corrected chi connectivity index (χ0v) is 7.18.